The molecule has 1 amide bonds. The Morgan fingerprint density at radius 2 is 1.97 bits per heavy atom. The maximum Gasteiger partial charge on any atom is 0.258 e. The van der Waals surface area contributed by atoms with Gasteiger partial charge in [-0.3, -0.25) is 14.2 Å². The average molecular weight is 401 g/mol. The average Bonchev–Trinajstić information content (AvgIpc) is 3.33. The normalized spacial score (nSPS) is 23.5. The molecule has 2 aromatic heterocycles. The number of likely N-dealkylation sites (tertiary alicyclic amines) is 1. The van der Waals surface area contributed by atoms with Gasteiger partial charge in [0.05, 0.1) is 36.7 Å². The summed E-state index contributed by atoms with van der Waals surface area (Å²) in [5.74, 6) is 0.0306. The highest BCUT2D eigenvalue weighted by atomic mass is 16.5. The van der Waals surface area contributed by atoms with Gasteiger partial charge in [0.1, 0.15) is 0 Å². The van der Waals surface area contributed by atoms with Crippen LogP contribution >= 0.6 is 0 Å². The first-order valence-corrected chi connectivity index (χ1v) is 10.7. The molecule has 8 nitrogen and oxygen atoms in total. The monoisotopic (exact) mass is 400 g/mol. The quantitative estimate of drug-likeness (QED) is 0.768. The molecule has 0 saturated carbocycles. The lowest BCUT2D eigenvalue weighted by atomic mass is 9.98. The molecule has 2 saturated heterocycles. The molecule has 0 aromatic carbocycles. The minimum Gasteiger partial charge on any atom is -0.373 e. The van der Waals surface area contributed by atoms with Crippen LogP contribution in [0.25, 0.3) is 0 Å². The summed E-state index contributed by atoms with van der Waals surface area (Å²) in [4.78, 5) is 18.0. The minimum absolute atomic E-state index is 0.0306. The van der Waals surface area contributed by atoms with Gasteiger partial charge in [0.2, 0.25) is 0 Å². The number of morpholine rings is 1. The van der Waals surface area contributed by atoms with Crippen molar-refractivity contribution in [1.82, 2.24) is 29.4 Å². The van der Waals surface area contributed by atoms with Crippen LogP contribution in [0.2, 0.25) is 0 Å². The van der Waals surface area contributed by atoms with Gasteiger partial charge >= 0.3 is 0 Å². The molecule has 0 bridgehead atoms. The zero-order valence-electron chi connectivity index (χ0n) is 17.8. The molecule has 0 spiro atoms. The third-order valence-electron chi connectivity index (χ3n) is 6.20. The Hall–Kier alpha value is -2.19. The molecule has 0 aliphatic carbocycles. The molecule has 8 heteroatoms. The highest BCUT2D eigenvalue weighted by molar-refractivity contribution is 5.95. The second kappa shape index (κ2) is 8.67. The Morgan fingerprint density at radius 1 is 1.17 bits per heavy atom. The molecule has 2 aliphatic rings. The standard InChI is InChI=1S/C21H32N6O2/c1-4-27-16(2)18(13-23-27)21(28)26-10-11-29-19(15-25-8-6-5-7-9-25)20(26)17-12-22-24(3)14-17/h12-14,19-20H,4-11,15H2,1-3H3/t19-,20-/m0/s1. The second-order valence-electron chi connectivity index (χ2n) is 8.12. The fourth-order valence-corrected chi connectivity index (χ4v) is 4.63. The number of carbonyl (C=O) groups is 1. The SMILES string of the molecule is CCn1ncc(C(=O)N2CCO[C@@H](CN3CCCCC3)[C@@H]2c2cnn(C)c2)c1C. The van der Waals surface area contributed by atoms with Gasteiger partial charge < -0.3 is 14.5 Å². The molecule has 0 unspecified atom stereocenters. The van der Waals surface area contributed by atoms with Crippen molar-refractivity contribution in [3.63, 3.8) is 0 Å². The summed E-state index contributed by atoms with van der Waals surface area (Å²) in [6, 6.07) is -0.142. The summed E-state index contributed by atoms with van der Waals surface area (Å²) in [5, 5.41) is 8.75. The van der Waals surface area contributed by atoms with E-state index in [0.29, 0.717) is 18.7 Å². The highest BCUT2D eigenvalue weighted by Gasteiger charge is 2.39. The van der Waals surface area contributed by atoms with Crippen LogP contribution in [0.1, 0.15) is 53.8 Å². The van der Waals surface area contributed by atoms with Gasteiger partial charge in [-0.15, -0.1) is 0 Å². The Morgan fingerprint density at radius 3 is 2.62 bits per heavy atom. The number of piperidine rings is 1. The lowest BCUT2D eigenvalue weighted by Crippen LogP contribution is -2.52. The van der Waals surface area contributed by atoms with Crippen LogP contribution in [0.5, 0.6) is 0 Å². The second-order valence-corrected chi connectivity index (χ2v) is 8.12. The number of nitrogens with zero attached hydrogens (tertiary/aromatic N) is 6. The van der Waals surface area contributed by atoms with Crippen molar-refractivity contribution in [3.05, 3.63) is 35.4 Å². The summed E-state index contributed by atoms with van der Waals surface area (Å²) in [7, 11) is 1.91. The molecule has 4 heterocycles. The van der Waals surface area contributed by atoms with Crippen LogP contribution in [0.3, 0.4) is 0 Å². The third kappa shape index (κ3) is 4.09. The van der Waals surface area contributed by atoms with Gasteiger partial charge in [-0.2, -0.15) is 10.2 Å². The molecule has 2 atom stereocenters. The predicted molar refractivity (Wildman–Crippen MR) is 110 cm³/mol. The largest absolute Gasteiger partial charge is 0.373 e. The zero-order chi connectivity index (χ0) is 20.4. The Balaban J connectivity index is 1.63. The molecule has 2 aliphatic heterocycles. The maximum atomic E-state index is 13.6. The minimum atomic E-state index is -0.142. The van der Waals surface area contributed by atoms with Gasteiger partial charge in [-0.1, -0.05) is 6.42 Å². The first-order valence-electron chi connectivity index (χ1n) is 10.7. The van der Waals surface area contributed by atoms with Crippen molar-refractivity contribution >= 4 is 5.91 Å². The summed E-state index contributed by atoms with van der Waals surface area (Å²) in [5.41, 5.74) is 2.63. The summed E-state index contributed by atoms with van der Waals surface area (Å²) >= 11 is 0. The van der Waals surface area contributed by atoms with E-state index in [1.165, 1.54) is 19.3 Å². The number of amides is 1. The number of aromatic nitrogens is 4. The number of rotatable bonds is 5. The molecule has 0 radical (unpaired) electrons. The third-order valence-corrected chi connectivity index (χ3v) is 6.20. The predicted octanol–water partition coefficient (Wildman–Crippen LogP) is 2.01. The van der Waals surface area contributed by atoms with E-state index in [0.717, 1.165) is 37.4 Å². The number of hydrogen-bond acceptors (Lipinski definition) is 5. The van der Waals surface area contributed by atoms with E-state index in [9.17, 15) is 4.79 Å². The van der Waals surface area contributed by atoms with Gasteiger partial charge in [0.25, 0.3) is 5.91 Å². The van der Waals surface area contributed by atoms with Crippen LogP contribution in [0, 0.1) is 6.92 Å². The topological polar surface area (TPSA) is 68.4 Å². The molecule has 29 heavy (non-hydrogen) atoms. The molecule has 4 rings (SSSR count). The highest BCUT2D eigenvalue weighted by Crippen LogP contribution is 2.32. The fraction of sp³-hybridized carbons (Fsp3) is 0.667. The van der Waals surface area contributed by atoms with E-state index < -0.39 is 0 Å². The van der Waals surface area contributed by atoms with Crippen LogP contribution in [0.15, 0.2) is 18.6 Å². The van der Waals surface area contributed by atoms with Gasteiger partial charge in [-0.25, -0.2) is 0 Å². The van der Waals surface area contributed by atoms with E-state index in [-0.39, 0.29) is 18.1 Å². The van der Waals surface area contributed by atoms with Gasteiger partial charge in [0, 0.05) is 44.1 Å². The zero-order valence-corrected chi connectivity index (χ0v) is 17.8. The Labute approximate surface area is 172 Å². The maximum absolute atomic E-state index is 13.6. The molecule has 0 N–H and O–H groups in total. The summed E-state index contributed by atoms with van der Waals surface area (Å²) in [6.45, 7) is 8.95. The first kappa shape index (κ1) is 20.1. The van der Waals surface area contributed by atoms with Crippen LogP contribution in [-0.4, -0.2) is 74.2 Å². The smallest absolute Gasteiger partial charge is 0.258 e. The number of ether oxygens (including phenoxy) is 1. The van der Waals surface area contributed by atoms with Crippen LogP contribution < -0.4 is 0 Å². The van der Waals surface area contributed by atoms with Crippen molar-refractivity contribution in [2.75, 3.05) is 32.8 Å². The lowest BCUT2D eigenvalue weighted by molar-refractivity contribution is -0.0741. The first-order chi connectivity index (χ1) is 14.1. The molecule has 2 aromatic rings. The van der Waals surface area contributed by atoms with E-state index in [4.69, 9.17) is 4.74 Å². The molecular weight excluding hydrogens is 368 g/mol. The number of carbonyl (C=O) groups excluding carboxylic acids is 1. The van der Waals surface area contributed by atoms with Gasteiger partial charge in [-0.05, 0) is 39.8 Å². The molecule has 2 fully saturated rings. The van der Waals surface area contributed by atoms with E-state index >= 15 is 0 Å². The number of aryl methyl sites for hydroxylation is 2. The van der Waals surface area contributed by atoms with Gasteiger partial charge in [0.15, 0.2) is 0 Å². The van der Waals surface area contributed by atoms with E-state index in [2.05, 4.69) is 15.1 Å². The Kier molecular flexibility index (Phi) is 6.01. The lowest BCUT2D eigenvalue weighted by Gasteiger charge is -2.43. The van der Waals surface area contributed by atoms with Crippen molar-refractivity contribution in [2.45, 2.75) is 51.8 Å². The molecule has 158 valence electrons. The van der Waals surface area contributed by atoms with Crippen molar-refractivity contribution in [2.24, 2.45) is 7.05 Å². The van der Waals surface area contributed by atoms with Crippen LogP contribution in [-0.2, 0) is 18.3 Å². The van der Waals surface area contributed by atoms with E-state index in [1.807, 2.05) is 42.9 Å². The van der Waals surface area contributed by atoms with Crippen molar-refractivity contribution in [1.29, 1.82) is 0 Å². The van der Waals surface area contributed by atoms with E-state index in [1.54, 1.807) is 10.9 Å². The van der Waals surface area contributed by atoms with Crippen molar-refractivity contribution < 1.29 is 9.53 Å². The summed E-state index contributed by atoms with van der Waals surface area (Å²) < 4.78 is 9.91. The fourth-order valence-electron chi connectivity index (χ4n) is 4.63. The number of hydrogen-bond donors (Lipinski definition) is 0. The molecular formula is C21H32N6O2. The Bertz CT molecular complexity index is 838. The summed E-state index contributed by atoms with van der Waals surface area (Å²) in [6.07, 6.45) is 9.30. The van der Waals surface area contributed by atoms with Crippen LogP contribution in [0.4, 0.5) is 0 Å². The van der Waals surface area contributed by atoms with Crippen molar-refractivity contribution in [3.8, 4) is 0 Å².